The molecule has 0 bridgehead atoms. The monoisotopic (exact) mass is 184 g/mol. The minimum Gasteiger partial charge on any atom is -0.344 e. The van der Waals surface area contributed by atoms with Gasteiger partial charge in [0.15, 0.2) is 0 Å². The second kappa shape index (κ2) is 4.81. The third-order valence-electron chi connectivity index (χ3n) is 1.67. The second-order valence-corrected chi connectivity index (χ2v) is 3.09. The minimum atomic E-state index is 0.638. The molecule has 0 saturated heterocycles. The van der Waals surface area contributed by atoms with Crippen LogP contribution < -0.4 is 10.2 Å². The van der Waals surface area contributed by atoms with E-state index in [9.17, 15) is 0 Å². The van der Waals surface area contributed by atoms with E-state index in [1.807, 2.05) is 26.0 Å². The Morgan fingerprint density at radius 1 is 1.46 bits per heavy atom. The van der Waals surface area contributed by atoms with Crippen molar-refractivity contribution >= 4 is 5.95 Å². The van der Waals surface area contributed by atoms with Gasteiger partial charge in [0.25, 0.3) is 5.95 Å². The van der Waals surface area contributed by atoms with Gasteiger partial charge in [-0.25, -0.2) is 0 Å². The number of aryl methyl sites for hydroxylation is 1. The summed E-state index contributed by atoms with van der Waals surface area (Å²) in [6, 6.07) is 0. The molecule has 0 saturated carbocycles. The summed E-state index contributed by atoms with van der Waals surface area (Å²) in [5.74, 6) is 1.35. The van der Waals surface area contributed by atoms with E-state index in [1.165, 1.54) is 0 Å². The lowest BCUT2D eigenvalue weighted by atomic mass is 10.3. The van der Waals surface area contributed by atoms with Crippen LogP contribution in [0.3, 0.4) is 0 Å². The molecule has 0 unspecified atom stereocenters. The number of rotatable bonds is 5. The fourth-order valence-corrected chi connectivity index (χ4v) is 0.945. The molecule has 0 atom stereocenters. The number of hydrogen-bond donors (Lipinski definition) is 1. The fraction of sp³-hybridized carbons (Fsp3) is 0.750. The lowest BCUT2D eigenvalue weighted by molar-refractivity contribution is 0.375. The highest BCUT2D eigenvalue weighted by Crippen LogP contribution is 2.06. The van der Waals surface area contributed by atoms with Gasteiger partial charge >= 0.3 is 0 Å². The first kappa shape index (κ1) is 9.98. The predicted octanol–water partition coefficient (Wildman–Crippen LogP) is 0.288. The SMILES string of the molecule is CNCCCc1nc(N(C)C)no1. The second-order valence-electron chi connectivity index (χ2n) is 3.09. The van der Waals surface area contributed by atoms with E-state index in [4.69, 9.17) is 4.52 Å². The first-order valence-electron chi connectivity index (χ1n) is 4.38. The molecule has 0 aliphatic rings. The van der Waals surface area contributed by atoms with Crippen LogP contribution in [-0.2, 0) is 6.42 Å². The van der Waals surface area contributed by atoms with Gasteiger partial charge in [-0.3, -0.25) is 0 Å². The molecule has 0 aliphatic carbocycles. The molecule has 0 fully saturated rings. The largest absolute Gasteiger partial charge is 0.344 e. The first-order valence-corrected chi connectivity index (χ1v) is 4.38. The van der Waals surface area contributed by atoms with Crippen molar-refractivity contribution in [3.8, 4) is 0 Å². The summed E-state index contributed by atoms with van der Waals surface area (Å²) < 4.78 is 5.04. The maximum atomic E-state index is 5.04. The van der Waals surface area contributed by atoms with Crippen molar-refractivity contribution in [3.05, 3.63) is 5.89 Å². The lowest BCUT2D eigenvalue weighted by Crippen LogP contribution is -2.10. The Bertz CT molecular complexity index is 246. The molecule has 5 heteroatoms. The van der Waals surface area contributed by atoms with Crippen molar-refractivity contribution in [1.29, 1.82) is 0 Å². The van der Waals surface area contributed by atoms with Gasteiger partial charge in [0.05, 0.1) is 0 Å². The van der Waals surface area contributed by atoms with E-state index in [2.05, 4.69) is 15.5 Å². The molecule has 0 radical (unpaired) electrons. The Kier molecular flexibility index (Phi) is 3.70. The van der Waals surface area contributed by atoms with Crippen molar-refractivity contribution in [3.63, 3.8) is 0 Å². The summed E-state index contributed by atoms with van der Waals surface area (Å²) in [7, 11) is 5.71. The van der Waals surface area contributed by atoms with E-state index in [1.54, 1.807) is 0 Å². The molecule has 1 heterocycles. The Balaban J connectivity index is 2.40. The molecular weight excluding hydrogens is 168 g/mol. The van der Waals surface area contributed by atoms with E-state index in [0.717, 1.165) is 19.4 Å². The summed E-state index contributed by atoms with van der Waals surface area (Å²) in [5.41, 5.74) is 0. The van der Waals surface area contributed by atoms with Gasteiger partial charge in [0.2, 0.25) is 5.89 Å². The zero-order valence-electron chi connectivity index (χ0n) is 8.37. The zero-order chi connectivity index (χ0) is 9.68. The summed E-state index contributed by atoms with van der Waals surface area (Å²) >= 11 is 0. The molecule has 1 N–H and O–H groups in total. The van der Waals surface area contributed by atoms with Crippen molar-refractivity contribution in [2.45, 2.75) is 12.8 Å². The molecule has 13 heavy (non-hydrogen) atoms. The number of anilines is 1. The highest BCUT2D eigenvalue weighted by atomic mass is 16.5. The molecule has 0 aliphatic heterocycles. The number of aromatic nitrogens is 2. The Hall–Kier alpha value is -1.10. The third-order valence-corrected chi connectivity index (χ3v) is 1.67. The fourth-order valence-electron chi connectivity index (χ4n) is 0.945. The van der Waals surface area contributed by atoms with Crippen molar-refractivity contribution < 1.29 is 4.52 Å². The maximum absolute atomic E-state index is 5.04. The molecule has 0 spiro atoms. The van der Waals surface area contributed by atoms with Crippen LogP contribution in [0.2, 0.25) is 0 Å². The summed E-state index contributed by atoms with van der Waals surface area (Å²) in [6.07, 6.45) is 1.85. The predicted molar refractivity (Wildman–Crippen MR) is 50.9 cm³/mol. The van der Waals surface area contributed by atoms with E-state index in [0.29, 0.717) is 11.8 Å². The van der Waals surface area contributed by atoms with Gasteiger partial charge in [-0.15, -0.1) is 0 Å². The number of nitrogens with zero attached hydrogens (tertiary/aromatic N) is 3. The standard InChI is InChI=1S/C8H16N4O/c1-9-6-4-5-7-10-8(11-13-7)12(2)3/h9H,4-6H2,1-3H3. The Labute approximate surface area is 78.1 Å². The molecule has 0 aromatic carbocycles. The van der Waals surface area contributed by atoms with Crippen LogP contribution >= 0.6 is 0 Å². The molecule has 1 aromatic rings. The molecule has 5 nitrogen and oxygen atoms in total. The molecule has 1 rings (SSSR count). The Morgan fingerprint density at radius 2 is 2.23 bits per heavy atom. The van der Waals surface area contributed by atoms with Gasteiger partial charge in [-0.1, -0.05) is 0 Å². The number of hydrogen-bond acceptors (Lipinski definition) is 5. The van der Waals surface area contributed by atoms with Crippen LogP contribution in [0, 0.1) is 0 Å². The van der Waals surface area contributed by atoms with Crippen molar-refractivity contribution in [1.82, 2.24) is 15.5 Å². The average Bonchev–Trinajstić information content (AvgIpc) is 2.53. The van der Waals surface area contributed by atoms with Crippen molar-refractivity contribution in [2.75, 3.05) is 32.6 Å². The van der Waals surface area contributed by atoms with E-state index >= 15 is 0 Å². The quantitative estimate of drug-likeness (QED) is 0.666. The van der Waals surface area contributed by atoms with Crippen LogP contribution in [0.5, 0.6) is 0 Å². The van der Waals surface area contributed by atoms with Gasteiger partial charge in [0, 0.05) is 20.5 Å². The average molecular weight is 184 g/mol. The van der Waals surface area contributed by atoms with Crippen molar-refractivity contribution in [2.24, 2.45) is 0 Å². The van der Waals surface area contributed by atoms with E-state index < -0.39 is 0 Å². The van der Waals surface area contributed by atoms with Crippen LogP contribution in [0.4, 0.5) is 5.95 Å². The van der Waals surface area contributed by atoms with Gasteiger partial charge in [-0.05, 0) is 25.2 Å². The topological polar surface area (TPSA) is 54.2 Å². The highest BCUT2D eigenvalue weighted by Gasteiger charge is 2.06. The smallest absolute Gasteiger partial charge is 0.265 e. The molecule has 0 amide bonds. The first-order chi connectivity index (χ1) is 6.24. The van der Waals surface area contributed by atoms with E-state index in [-0.39, 0.29) is 0 Å². The van der Waals surface area contributed by atoms with Crippen LogP contribution in [0.15, 0.2) is 4.52 Å². The van der Waals surface area contributed by atoms with Gasteiger partial charge in [-0.2, -0.15) is 4.98 Å². The highest BCUT2D eigenvalue weighted by molar-refractivity contribution is 5.23. The summed E-state index contributed by atoms with van der Waals surface area (Å²) in [5, 5.41) is 6.88. The van der Waals surface area contributed by atoms with Crippen LogP contribution in [0.25, 0.3) is 0 Å². The van der Waals surface area contributed by atoms with Crippen LogP contribution in [-0.4, -0.2) is 37.8 Å². The van der Waals surface area contributed by atoms with Gasteiger partial charge in [0.1, 0.15) is 0 Å². The summed E-state index contributed by atoms with van der Waals surface area (Å²) in [4.78, 5) is 6.03. The molecule has 74 valence electrons. The lowest BCUT2D eigenvalue weighted by Gasteiger charge is -2.02. The normalized spacial score (nSPS) is 10.4. The zero-order valence-corrected chi connectivity index (χ0v) is 8.37. The molecular formula is C8H16N4O. The third kappa shape index (κ3) is 3.02. The van der Waals surface area contributed by atoms with Gasteiger partial charge < -0.3 is 14.7 Å². The minimum absolute atomic E-state index is 0.638. The Morgan fingerprint density at radius 3 is 2.77 bits per heavy atom. The van der Waals surface area contributed by atoms with Crippen LogP contribution in [0.1, 0.15) is 12.3 Å². The maximum Gasteiger partial charge on any atom is 0.265 e. The summed E-state index contributed by atoms with van der Waals surface area (Å²) in [6.45, 7) is 0.972. The molecule has 1 aromatic heterocycles. The number of nitrogens with one attached hydrogen (secondary N) is 1.